The number of aromatic nitrogens is 2. The molecule has 1 aromatic heterocycles. The van der Waals surface area contributed by atoms with Gasteiger partial charge in [-0.15, -0.1) is 0 Å². The zero-order valence-electron chi connectivity index (χ0n) is 15.4. The van der Waals surface area contributed by atoms with E-state index in [1.807, 2.05) is 12.1 Å². The van der Waals surface area contributed by atoms with Gasteiger partial charge >= 0.3 is 0 Å². The lowest BCUT2D eigenvalue weighted by atomic mass is 10.2. The Hall–Kier alpha value is -2.21. The number of benzene rings is 1. The second-order valence-electron chi connectivity index (χ2n) is 7.25. The lowest BCUT2D eigenvalue weighted by Gasteiger charge is -2.35. The van der Waals surface area contributed by atoms with Gasteiger partial charge in [-0.25, -0.2) is 9.37 Å². The number of rotatable bonds is 4. The molecule has 0 saturated carbocycles. The Morgan fingerprint density at radius 1 is 0.885 bits per heavy atom. The number of halogens is 1. The van der Waals surface area contributed by atoms with Crippen LogP contribution in [0, 0.1) is 12.7 Å². The van der Waals surface area contributed by atoms with Crippen molar-refractivity contribution in [3.05, 3.63) is 47.4 Å². The minimum absolute atomic E-state index is 0.175. The summed E-state index contributed by atoms with van der Waals surface area (Å²) in [6.45, 7) is 8.93. The number of hydrogen-bond acceptors (Lipinski definition) is 5. The maximum absolute atomic E-state index is 13.0. The van der Waals surface area contributed by atoms with Crippen molar-refractivity contribution in [2.45, 2.75) is 26.3 Å². The molecule has 0 unspecified atom stereocenters. The van der Waals surface area contributed by atoms with Crippen molar-refractivity contribution in [1.82, 2.24) is 14.9 Å². The third-order valence-corrected chi connectivity index (χ3v) is 5.23. The van der Waals surface area contributed by atoms with Gasteiger partial charge in [-0.05, 0) is 37.5 Å². The molecule has 0 atom stereocenters. The molecule has 1 aromatic carbocycles. The Morgan fingerprint density at radius 3 is 2.27 bits per heavy atom. The van der Waals surface area contributed by atoms with Crippen LogP contribution in [-0.4, -0.2) is 54.1 Å². The van der Waals surface area contributed by atoms with Crippen LogP contribution >= 0.6 is 0 Å². The fraction of sp³-hybridized carbons (Fsp3) is 0.500. The lowest BCUT2D eigenvalue weighted by molar-refractivity contribution is 0.249. The van der Waals surface area contributed by atoms with Gasteiger partial charge in [-0.1, -0.05) is 12.1 Å². The van der Waals surface area contributed by atoms with Crippen molar-refractivity contribution in [3.8, 4) is 0 Å². The lowest BCUT2D eigenvalue weighted by Crippen LogP contribution is -2.46. The SMILES string of the molecule is Cc1cc(N2CCN(Cc3ccc(F)cc3)CC2)nc(N2CCCC2)n1. The van der Waals surface area contributed by atoms with E-state index >= 15 is 0 Å². The number of nitrogens with zero attached hydrogens (tertiary/aromatic N) is 5. The standard InChI is InChI=1S/C20H26FN5/c1-16-14-19(23-20(22-16)26-8-2-3-9-26)25-12-10-24(11-13-25)15-17-4-6-18(21)7-5-17/h4-7,14H,2-3,8-13,15H2,1H3. The first-order valence-electron chi connectivity index (χ1n) is 9.50. The molecule has 2 saturated heterocycles. The summed E-state index contributed by atoms with van der Waals surface area (Å²) < 4.78 is 13.0. The molecule has 2 aliphatic rings. The Labute approximate surface area is 154 Å². The molecule has 4 rings (SSSR count). The van der Waals surface area contributed by atoms with Gasteiger partial charge in [-0.3, -0.25) is 4.90 Å². The Balaban J connectivity index is 1.39. The van der Waals surface area contributed by atoms with Gasteiger partial charge in [0.25, 0.3) is 0 Å². The smallest absolute Gasteiger partial charge is 0.227 e. The Kier molecular flexibility index (Phi) is 5.02. The molecule has 0 bridgehead atoms. The molecule has 0 N–H and O–H groups in total. The summed E-state index contributed by atoms with van der Waals surface area (Å²) in [6, 6.07) is 8.91. The molecule has 2 fully saturated rings. The highest BCUT2D eigenvalue weighted by Crippen LogP contribution is 2.22. The third kappa shape index (κ3) is 3.96. The second-order valence-corrected chi connectivity index (χ2v) is 7.25. The molecule has 26 heavy (non-hydrogen) atoms. The van der Waals surface area contributed by atoms with Gasteiger partial charge in [0, 0.05) is 57.6 Å². The van der Waals surface area contributed by atoms with E-state index in [9.17, 15) is 4.39 Å². The van der Waals surface area contributed by atoms with Crippen LogP contribution in [0.5, 0.6) is 0 Å². The first-order valence-corrected chi connectivity index (χ1v) is 9.50. The Bertz CT molecular complexity index is 734. The normalized spacial score (nSPS) is 18.5. The first-order chi connectivity index (χ1) is 12.7. The number of aryl methyl sites for hydroxylation is 1. The topological polar surface area (TPSA) is 35.5 Å². The van der Waals surface area contributed by atoms with Crippen LogP contribution in [0.1, 0.15) is 24.1 Å². The van der Waals surface area contributed by atoms with Gasteiger partial charge in [0.15, 0.2) is 0 Å². The van der Waals surface area contributed by atoms with Crippen molar-refractivity contribution in [2.24, 2.45) is 0 Å². The van der Waals surface area contributed by atoms with Gasteiger partial charge in [0.05, 0.1) is 0 Å². The van der Waals surface area contributed by atoms with Crippen LogP contribution in [-0.2, 0) is 6.54 Å². The van der Waals surface area contributed by atoms with Crippen molar-refractivity contribution in [1.29, 1.82) is 0 Å². The second kappa shape index (κ2) is 7.58. The monoisotopic (exact) mass is 355 g/mol. The summed E-state index contributed by atoms with van der Waals surface area (Å²) in [6.07, 6.45) is 2.46. The van der Waals surface area contributed by atoms with Crippen molar-refractivity contribution in [3.63, 3.8) is 0 Å². The molecule has 6 heteroatoms. The van der Waals surface area contributed by atoms with E-state index < -0.39 is 0 Å². The summed E-state index contributed by atoms with van der Waals surface area (Å²) in [7, 11) is 0. The summed E-state index contributed by atoms with van der Waals surface area (Å²) in [5, 5.41) is 0. The quantitative estimate of drug-likeness (QED) is 0.843. The van der Waals surface area contributed by atoms with Crippen LogP contribution in [0.4, 0.5) is 16.2 Å². The summed E-state index contributed by atoms with van der Waals surface area (Å²) in [4.78, 5) is 16.5. The van der Waals surface area contributed by atoms with E-state index in [4.69, 9.17) is 4.98 Å². The van der Waals surface area contributed by atoms with Crippen LogP contribution in [0.25, 0.3) is 0 Å². The average molecular weight is 355 g/mol. The third-order valence-electron chi connectivity index (χ3n) is 5.23. The first kappa shape index (κ1) is 17.2. The van der Waals surface area contributed by atoms with Gasteiger partial charge in [-0.2, -0.15) is 4.98 Å². The average Bonchev–Trinajstić information content (AvgIpc) is 3.19. The largest absolute Gasteiger partial charge is 0.354 e. The highest BCUT2D eigenvalue weighted by atomic mass is 19.1. The van der Waals surface area contributed by atoms with E-state index in [1.54, 1.807) is 0 Å². The zero-order valence-corrected chi connectivity index (χ0v) is 15.4. The molecule has 3 heterocycles. The molecule has 0 amide bonds. The maximum Gasteiger partial charge on any atom is 0.227 e. The molecule has 0 spiro atoms. The van der Waals surface area contributed by atoms with E-state index in [0.717, 1.165) is 68.8 Å². The fourth-order valence-electron chi connectivity index (χ4n) is 3.74. The van der Waals surface area contributed by atoms with E-state index in [0.29, 0.717) is 0 Å². The van der Waals surface area contributed by atoms with Gasteiger partial charge in [0.2, 0.25) is 5.95 Å². The van der Waals surface area contributed by atoms with Crippen molar-refractivity contribution < 1.29 is 4.39 Å². The van der Waals surface area contributed by atoms with Crippen LogP contribution < -0.4 is 9.80 Å². The van der Waals surface area contributed by atoms with E-state index in [-0.39, 0.29) is 5.82 Å². The van der Waals surface area contributed by atoms with Crippen LogP contribution in [0.3, 0.4) is 0 Å². The van der Waals surface area contributed by atoms with E-state index in [2.05, 4.69) is 32.7 Å². The number of anilines is 2. The minimum atomic E-state index is -0.175. The van der Waals surface area contributed by atoms with Gasteiger partial charge < -0.3 is 9.80 Å². The fourth-order valence-corrected chi connectivity index (χ4v) is 3.74. The minimum Gasteiger partial charge on any atom is -0.354 e. The molecule has 5 nitrogen and oxygen atoms in total. The summed E-state index contributed by atoms with van der Waals surface area (Å²) in [5.41, 5.74) is 2.19. The predicted molar refractivity (Wildman–Crippen MR) is 102 cm³/mol. The predicted octanol–water partition coefficient (Wildman–Crippen LogP) is 2.85. The van der Waals surface area contributed by atoms with E-state index in [1.165, 1.54) is 25.0 Å². The maximum atomic E-state index is 13.0. The Morgan fingerprint density at radius 2 is 1.58 bits per heavy atom. The number of piperazine rings is 1. The highest BCUT2D eigenvalue weighted by molar-refractivity contribution is 5.46. The number of hydrogen-bond donors (Lipinski definition) is 0. The molecule has 0 aliphatic carbocycles. The van der Waals surface area contributed by atoms with Crippen molar-refractivity contribution >= 4 is 11.8 Å². The van der Waals surface area contributed by atoms with Crippen molar-refractivity contribution in [2.75, 3.05) is 49.1 Å². The van der Waals surface area contributed by atoms with Gasteiger partial charge in [0.1, 0.15) is 11.6 Å². The summed E-state index contributed by atoms with van der Waals surface area (Å²) in [5.74, 6) is 1.75. The highest BCUT2D eigenvalue weighted by Gasteiger charge is 2.21. The molecular weight excluding hydrogens is 329 g/mol. The zero-order chi connectivity index (χ0) is 17.9. The molecule has 138 valence electrons. The molecule has 2 aromatic rings. The molecular formula is C20H26FN5. The van der Waals surface area contributed by atoms with Crippen LogP contribution in [0.2, 0.25) is 0 Å². The summed E-state index contributed by atoms with van der Waals surface area (Å²) >= 11 is 0. The molecule has 0 radical (unpaired) electrons. The molecule has 2 aliphatic heterocycles. The van der Waals surface area contributed by atoms with Crippen LogP contribution in [0.15, 0.2) is 30.3 Å².